The molecule has 0 aromatic heterocycles. The minimum atomic E-state index is 0. The third kappa shape index (κ3) is 4.57. The molecular formula is C20H30ClN3O2. The molecule has 2 fully saturated rings. The highest BCUT2D eigenvalue weighted by atomic mass is 35.5. The van der Waals surface area contributed by atoms with E-state index in [1.54, 1.807) is 0 Å². The van der Waals surface area contributed by atoms with Gasteiger partial charge in [-0.15, -0.1) is 12.4 Å². The third-order valence-electron chi connectivity index (χ3n) is 5.83. The SMILES string of the molecule is Cc1ccccc1CC(=O)N1CCN(C(=O)[C@@H]2CCC[C@@H]2CN)CC1.Cl. The van der Waals surface area contributed by atoms with Crippen LogP contribution in [-0.2, 0) is 16.0 Å². The van der Waals surface area contributed by atoms with Crippen LogP contribution in [0.4, 0.5) is 0 Å². The molecule has 6 heteroatoms. The number of amides is 2. The molecule has 1 aliphatic carbocycles. The van der Waals surface area contributed by atoms with E-state index in [1.807, 2.05) is 41.0 Å². The first-order valence-corrected chi connectivity index (χ1v) is 9.41. The molecule has 26 heavy (non-hydrogen) atoms. The second kappa shape index (κ2) is 9.38. The van der Waals surface area contributed by atoms with E-state index in [9.17, 15) is 9.59 Å². The van der Waals surface area contributed by atoms with Crippen molar-refractivity contribution in [2.45, 2.75) is 32.6 Å². The minimum Gasteiger partial charge on any atom is -0.339 e. The number of nitrogens with zero attached hydrogens (tertiary/aromatic N) is 2. The Morgan fingerprint density at radius 1 is 1.08 bits per heavy atom. The number of nitrogens with two attached hydrogens (primary N) is 1. The van der Waals surface area contributed by atoms with Crippen molar-refractivity contribution in [2.75, 3.05) is 32.7 Å². The molecule has 1 aromatic carbocycles. The van der Waals surface area contributed by atoms with Gasteiger partial charge in [-0.1, -0.05) is 30.7 Å². The van der Waals surface area contributed by atoms with Gasteiger partial charge in [0, 0.05) is 32.1 Å². The van der Waals surface area contributed by atoms with Crippen LogP contribution in [0, 0.1) is 18.8 Å². The molecule has 0 radical (unpaired) electrons. The molecule has 1 aromatic rings. The maximum atomic E-state index is 12.7. The van der Waals surface area contributed by atoms with Crippen LogP contribution in [0.25, 0.3) is 0 Å². The van der Waals surface area contributed by atoms with Crippen LogP contribution in [0.2, 0.25) is 0 Å². The Kier molecular flexibility index (Phi) is 7.47. The van der Waals surface area contributed by atoms with Crippen LogP contribution < -0.4 is 5.73 Å². The van der Waals surface area contributed by atoms with Crippen molar-refractivity contribution < 1.29 is 9.59 Å². The second-order valence-electron chi connectivity index (χ2n) is 7.34. The van der Waals surface area contributed by atoms with E-state index < -0.39 is 0 Å². The first-order chi connectivity index (χ1) is 12.1. The first kappa shape index (κ1) is 20.7. The van der Waals surface area contributed by atoms with Crippen molar-refractivity contribution >= 4 is 24.2 Å². The van der Waals surface area contributed by atoms with Gasteiger partial charge in [-0.3, -0.25) is 9.59 Å². The Morgan fingerprint density at radius 3 is 2.38 bits per heavy atom. The van der Waals surface area contributed by atoms with E-state index in [2.05, 4.69) is 0 Å². The molecule has 5 nitrogen and oxygen atoms in total. The summed E-state index contributed by atoms with van der Waals surface area (Å²) >= 11 is 0. The summed E-state index contributed by atoms with van der Waals surface area (Å²) in [5.41, 5.74) is 8.05. The van der Waals surface area contributed by atoms with Gasteiger partial charge in [0.15, 0.2) is 0 Å². The summed E-state index contributed by atoms with van der Waals surface area (Å²) in [5.74, 6) is 0.841. The lowest BCUT2D eigenvalue weighted by atomic mass is 9.94. The number of carbonyl (C=O) groups is 2. The average molecular weight is 380 g/mol. The number of halogens is 1. The highest BCUT2D eigenvalue weighted by Gasteiger charge is 2.36. The Labute approximate surface area is 162 Å². The quantitative estimate of drug-likeness (QED) is 0.870. The molecule has 144 valence electrons. The normalized spacial score (nSPS) is 22.8. The zero-order valence-corrected chi connectivity index (χ0v) is 16.3. The van der Waals surface area contributed by atoms with Crippen molar-refractivity contribution in [3.8, 4) is 0 Å². The van der Waals surface area contributed by atoms with E-state index in [0.717, 1.165) is 30.4 Å². The van der Waals surface area contributed by atoms with Crippen molar-refractivity contribution in [1.82, 2.24) is 9.80 Å². The Bertz CT molecular complexity index is 629. The Hall–Kier alpha value is -1.59. The van der Waals surface area contributed by atoms with Crippen molar-refractivity contribution in [1.29, 1.82) is 0 Å². The van der Waals surface area contributed by atoms with Crippen LogP contribution in [0.3, 0.4) is 0 Å². The summed E-state index contributed by atoms with van der Waals surface area (Å²) in [5, 5.41) is 0. The van der Waals surface area contributed by atoms with E-state index in [0.29, 0.717) is 45.1 Å². The van der Waals surface area contributed by atoms with Crippen molar-refractivity contribution in [2.24, 2.45) is 17.6 Å². The maximum Gasteiger partial charge on any atom is 0.227 e. The predicted molar refractivity (Wildman–Crippen MR) is 105 cm³/mol. The average Bonchev–Trinajstić information content (AvgIpc) is 3.12. The molecule has 0 bridgehead atoms. The van der Waals surface area contributed by atoms with Gasteiger partial charge in [0.2, 0.25) is 11.8 Å². The van der Waals surface area contributed by atoms with Gasteiger partial charge in [0.25, 0.3) is 0 Å². The second-order valence-corrected chi connectivity index (χ2v) is 7.34. The lowest BCUT2D eigenvalue weighted by Gasteiger charge is -2.37. The number of hydrogen-bond donors (Lipinski definition) is 1. The molecule has 1 heterocycles. The van der Waals surface area contributed by atoms with Crippen molar-refractivity contribution in [3.63, 3.8) is 0 Å². The molecule has 2 amide bonds. The molecule has 1 aliphatic heterocycles. The third-order valence-corrected chi connectivity index (χ3v) is 5.83. The van der Waals surface area contributed by atoms with Crippen molar-refractivity contribution in [3.05, 3.63) is 35.4 Å². The van der Waals surface area contributed by atoms with Crippen LogP contribution in [0.5, 0.6) is 0 Å². The Morgan fingerprint density at radius 2 is 1.73 bits per heavy atom. The zero-order valence-electron chi connectivity index (χ0n) is 15.5. The van der Waals surface area contributed by atoms with Gasteiger partial charge in [-0.2, -0.15) is 0 Å². The predicted octanol–water partition coefficient (Wildman–Crippen LogP) is 2.01. The fourth-order valence-electron chi connectivity index (χ4n) is 4.14. The number of piperazine rings is 1. The van der Waals surface area contributed by atoms with Crippen LogP contribution >= 0.6 is 12.4 Å². The number of aryl methyl sites for hydroxylation is 1. The molecule has 2 atom stereocenters. The van der Waals surface area contributed by atoms with Gasteiger partial charge in [0.1, 0.15) is 0 Å². The molecule has 1 saturated carbocycles. The topological polar surface area (TPSA) is 66.6 Å². The van der Waals surface area contributed by atoms with E-state index in [1.165, 1.54) is 0 Å². The molecule has 1 saturated heterocycles. The standard InChI is InChI=1S/C20H29N3O2.ClH/c1-15-5-2-3-6-16(15)13-19(24)22-9-11-23(12-10-22)20(25)18-8-4-7-17(18)14-21;/h2-3,5-6,17-18H,4,7-14,21H2,1H3;1H/t17-,18-;/m1./s1. The van der Waals surface area contributed by atoms with Gasteiger partial charge in [0.05, 0.1) is 6.42 Å². The van der Waals surface area contributed by atoms with Gasteiger partial charge in [-0.05, 0) is 43.4 Å². The monoisotopic (exact) mass is 379 g/mol. The molecule has 0 unspecified atom stereocenters. The maximum absolute atomic E-state index is 12.7. The number of hydrogen-bond acceptors (Lipinski definition) is 3. The first-order valence-electron chi connectivity index (χ1n) is 9.41. The molecule has 3 rings (SSSR count). The fourth-order valence-corrected chi connectivity index (χ4v) is 4.14. The lowest BCUT2D eigenvalue weighted by molar-refractivity contribution is -0.142. The van der Waals surface area contributed by atoms with Crippen LogP contribution in [0.15, 0.2) is 24.3 Å². The number of rotatable bonds is 4. The fraction of sp³-hybridized carbons (Fsp3) is 0.600. The molecule has 0 spiro atoms. The number of benzene rings is 1. The Balaban J connectivity index is 0.00000243. The van der Waals surface area contributed by atoms with Gasteiger partial charge >= 0.3 is 0 Å². The highest BCUT2D eigenvalue weighted by Crippen LogP contribution is 2.32. The zero-order chi connectivity index (χ0) is 17.8. The van der Waals surface area contributed by atoms with E-state index >= 15 is 0 Å². The van der Waals surface area contributed by atoms with E-state index in [-0.39, 0.29) is 30.1 Å². The van der Waals surface area contributed by atoms with Crippen LogP contribution in [-0.4, -0.2) is 54.3 Å². The molecule has 2 aliphatic rings. The summed E-state index contributed by atoms with van der Waals surface area (Å²) in [6, 6.07) is 8.02. The van der Waals surface area contributed by atoms with Crippen LogP contribution in [0.1, 0.15) is 30.4 Å². The highest BCUT2D eigenvalue weighted by molar-refractivity contribution is 5.85. The molecular weight excluding hydrogens is 350 g/mol. The van der Waals surface area contributed by atoms with Gasteiger partial charge < -0.3 is 15.5 Å². The minimum absolute atomic E-state index is 0. The van der Waals surface area contributed by atoms with E-state index in [4.69, 9.17) is 5.73 Å². The summed E-state index contributed by atoms with van der Waals surface area (Å²) in [6.45, 7) is 5.20. The summed E-state index contributed by atoms with van der Waals surface area (Å²) in [4.78, 5) is 29.1. The summed E-state index contributed by atoms with van der Waals surface area (Å²) in [6.07, 6.45) is 3.58. The largest absolute Gasteiger partial charge is 0.339 e. The summed E-state index contributed by atoms with van der Waals surface area (Å²) in [7, 11) is 0. The smallest absolute Gasteiger partial charge is 0.227 e. The molecule has 2 N–H and O–H groups in total. The number of carbonyl (C=O) groups excluding carboxylic acids is 2. The van der Waals surface area contributed by atoms with Gasteiger partial charge in [-0.25, -0.2) is 0 Å². The lowest BCUT2D eigenvalue weighted by Crippen LogP contribution is -2.52. The summed E-state index contributed by atoms with van der Waals surface area (Å²) < 4.78 is 0.